The van der Waals surface area contributed by atoms with Crippen LogP contribution in [0.1, 0.15) is 26.3 Å². The summed E-state index contributed by atoms with van der Waals surface area (Å²) in [5.41, 5.74) is 0.614. The van der Waals surface area contributed by atoms with Gasteiger partial charge in [-0.2, -0.15) is 5.26 Å². The molecule has 1 N–H and O–H groups in total. The van der Waals surface area contributed by atoms with Crippen LogP contribution in [-0.4, -0.2) is 11.4 Å². The van der Waals surface area contributed by atoms with Gasteiger partial charge in [0.05, 0.1) is 0 Å². The molecule has 1 rings (SSSR count). The fourth-order valence-corrected chi connectivity index (χ4v) is 1.27. The second-order valence-corrected chi connectivity index (χ2v) is 4.78. The van der Waals surface area contributed by atoms with Crippen molar-refractivity contribution in [3.63, 3.8) is 0 Å². The minimum Gasteiger partial charge on any atom is -0.347 e. The van der Waals surface area contributed by atoms with E-state index in [2.05, 4.69) is 5.32 Å². The zero-order valence-electron chi connectivity index (χ0n) is 10.3. The van der Waals surface area contributed by atoms with Crippen LogP contribution in [0.2, 0.25) is 0 Å². The molecule has 3 heteroatoms. The van der Waals surface area contributed by atoms with Crippen LogP contribution in [0, 0.1) is 11.3 Å². The fourth-order valence-electron chi connectivity index (χ4n) is 1.27. The molecule has 0 unspecified atom stereocenters. The molecule has 0 saturated heterocycles. The van der Waals surface area contributed by atoms with Crippen LogP contribution in [0.25, 0.3) is 6.08 Å². The predicted octanol–water partition coefficient (Wildman–Crippen LogP) is 2.51. The second-order valence-electron chi connectivity index (χ2n) is 4.78. The van der Waals surface area contributed by atoms with Crippen LogP contribution in [0.5, 0.6) is 0 Å². The van der Waals surface area contributed by atoms with Gasteiger partial charge >= 0.3 is 0 Å². The van der Waals surface area contributed by atoms with Crippen LogP contribution in [-0.2, 0) is 4.79 Å². The first-order valence-electron chi connectivity index (χ1n) is 5.42. The van der Waals surface area contributed by atoms with Crippen molar-refractivity contribution in [3.8, 4) is 6.07 Å². The van der Waals surface area contributed by atoms with Gasteiger partial charge in [-0.3, -0.25) is 4.79 Å². The van der Waals surface area contributed by atoms with Crippen molar-refractivity contribution in [2.45, 2.75) is 26.3 Å². The third-order valence-electron chi connectivity index (χ3n) is 1.96. The van der Waals surface area contributed by atoms with E-state index in [1.54, 1.807) is 6.08 Å². The highest BCUT2D eigenvalue weighted by molar-refractivity contribution is 6.01. The van der Waals surface area contributed by atoms with Crippen molar-refractivity contribution in [1.82, 2.24) is 5.32 Å². The molecule has 0 aliphatic carbocycles. The summed E-state index contributed by atoms with van der Waals surface area (Å²) in [6.07, 6.45) is 1.58. The maximum absolute atomic E-state index is 11.8. The van der Waals surface area contributed by atoms with Crippen LogP contribution in [0.4, 0.5) is 0 Å². The SMILES string of the molecule is CC(C)(C)NC(=O)/C(C#N)=C/c1ccccc1. The number of hydrogen-bond acceptors (Lipinski definition) is 2. The topological polar surface area (TPSA) is 52.9 Å². The van der Waals surface area contributed by atoms with Gasteiger partial charge in [0, 0.05) is 5.54 Å². The fraction of sp³-hybridized carbons (Fsp3) is 0.286. The summed E-state index contributed by atoms with van der Waals surface area (Å²) in [4.78, 5) is 11.8. The van der Waals surface area contributed by atoms with Crippen LogP contribution in [0.15, 0.2) is 35.9 Å². The molecule has 0 radical (unpaired) electrons. The standard InChI is InChI=1S/C14H16N2O/c1-14(2,3)16-13(17)12(10-15)9-11-7-5-4-6-8-11/h4-9H,1-3H3,(H,16,17)/b12-9+. The molecular weight excluding hydrogens is 212 g/mol. The molecule has 0 aliphatic heterocycles. The summed E-state index contributed by atoms with van der Waals surface area (Å²) in [5.74, 6) is -0.344. The number of carbonyl (C=O) groups is 1. The zero-order chi connectivity index (χ0) is 12.9. The van der Waals surface area contributed by atoms with E-state index in [4.69, 9.17) is 5.26 Å². The first-order valence-corrected chi connectivity index (χ1v) is 5.42. The highest BCUT2D eigenvalue weighted by Crippen LogP contribution is 2.08. The Labute approximate surface area is 102 Å². The van der Waals surface area contributed by atoms with Crippen molar-refractivity contribution in [1.29, 1.82) is 5.26 Å². The van der Waals surface area contributed by atoms with Gasteiger partial charge in [0.2, 0.25) is 0 Å². The number of nitriles is 1. The van der Waals surface area contributed by atoms with Gasteiger partial charge in [-0.1, -0.05) is 30.3 Å². The molecule has 88 valence electrons. The van der Waals surface area contributed by atoms with Gasteiger partial charge in [0.15, 0.2) is 0 Å². The molecule has 0 saturated carbocycles. The first-order chi connectivity index (χ1) is 7.92. The molecular formula is C14H16N2O. The van der Waals surface area contributed by atoms with E-state index < -0.39 is 0 Å². The van der Waals surface area contributed by atoms with E-state index in [-0.39, 0.29) is 17.0 Å². The lowest BCUT2D eigenvalue weighted by atomic mass is 10.1. The molecule has 0 heterocycles. The van der Waals surface area contributed by atoms with Gasteiger partial charge in [-0.05, 0) is 32.4 Å². The smallest absolute Gasteiger partial charge is 0.262 e. The molecule has 0 aromatic heterocycles. The Morgan fingerprint density at radius 2 is 1.88 bits per heavy atom. The van der Waals surface area contributed by atoms with Crippen LogP contribution < -0.4 is 5.32 Å². The van der Waals surface area contributed by atoms with Crippen molar-refractivity contribution in [2.24, 2.45) is 0 Å². The van der Waals surface area contributed by atoms with Crippen molar-refractivity contribution >= 4 is 12.0 Å². The van der Waals surface area contributed by atoms with Gasteiger partial charge in [-0.25, -0.2) is 0 Å². The number of nitrogens with zero attached hydrogens (tertiary/aromatic N) is 1. The Morgan fingerprint density at radius 3 is 2.35 bits per heavy atom. The summed E-state index contributed by atoms with van der Waals surface area (Å²) in [7, 11) is 0. The molecule has 0 aliphatic rings. The summed E-state index contributed by atoms with van der Waals surface area (Å²) >= 11 is 0. The zero-order valence-corrected chi connectivity index (χ0v) is 10.3. The third-order valence-corrected chi connectivity index (χ3v) is 1.96. The van der Waals surface area contributed by atoms with E-state index in [1.165, 1.54) is 0 Å². The molecule has 17 heavy (non-hydrogen) atoms. The van der Waals surface area contributed by atoms with Gasteiger partial charge in [0.1, 0.15) is 11.6 Å². The maximum atomic E-state index is 11.8. The minimum atomic E-state index is -0.344. The molecule has 3 nitrogen and oxygen atoms in total. The molecule has 0 bridgehead atoms. The highest BCUT2D eigenvalue weighted by Gasteiger charge is 2.16. The lowest BCUT2D eigenvalue weighted by molar-refractivity contribution is -0.118. The third kappa shape index (κ3) is 4.52. The Kier molecular flexibility index (Phi) is 4.06. The van der Waals surface area contributed by atoms with Crippen LogP contribution in [0.3, 0.4) is 0 Å². The van der Waals surface area contributed by atoms with Crippen molar-refractivity contribution in [3.05, 3.63) is 41.5 Å². The average Bonchev–Trinajstić information content (AvgIpc) is 2.24. The Bertz CT molecular complexity index is 461. The van der Waals surface area contributed by atoms with Crippen molar-refractivity contribution < 1.29 is 4.79 Å². The van der Waals surface area contributed by atoms with E-state index in [0.29, 0.717) is 0 Å². The first kappa shape index (κ1) is 13.0. The number of rotatable bonds is 2. The molecule has 1 aromatic carbocycles. The summed E-state index contributed by atoms with van der Waals surface area (Å²) in [6, 6.07) is 11.2. The molecule has 0 fully saturated rings. The molecule has 1 amide bonds. The predicted molar refractivity (Wildman–Crippen MR) is 67.9 cm³/mol. The van der Waals surface area contributed by atoms with Gasteiger partial charge in [-0.15, -0.1) is 0 Å². The largest absolute Gasteiger partial charge is 0.347 e. The maximum Gasteiger partial charge on any atom is 0.262 e. The summed E-state index contributed by atoms with van der Waals surface area (Å²) in [5, 5.41) is 11.7. The number of carbonyl (C=O) groups excluding carboxylic acids is 1. The molecule has 0 spiro atoms. The summed E-state index contributed by atoms with van der Waals surface area (Å²) in [6.45, 7) is 5.63. The number of hydrogen-bond donors (Lipinski definition) is 1. The normalized spacial score (nSPS) is 11.8. The summed E-state index contributed by atoms with van der Waals surface area (Å²) < 4.78 is 0. The van der Waals surface area contributed by atoms with Crippen LogP contribution >= 0.6 is 0 Å². The number of nitrogens with one attached hydrogen (secondary N) is 1. The van der Waals surface area contributed by atoms with E-state index in [0.717, 1.165) is 5.56 Å². The Hall–Kier alpha value is -2.08. The highest BCUT2D eigenvalue weighted by atomic mass is 16.1. The lowest BCUT2D eigenvalue weighted by Crippen LogP contribution is -2.41. The Balaban J connectivity index is 2.90. The molecule has 0 atom stereocenters. The van der Waals surface area contributed by atoms with E-state index in [1.807, 2.05) is 57.2 Å². The van der Waals surface area contributed by atoms with Crippen molar-refractivity contribution in [2.75, 3.05) is 0 Å². The number of benzene rings is 1. The molecule has 1 aromatic rings. The van der Waals surface area contributed by atoms with E-state index in [9.17, 15) is 4.79 Å². The quantitative estimate of drug-likeness (QED) is 0.624. The lowest BCUT2D eigenvalue weighted by Gasteiger charge is -2.19. The average molecular weight is 228 g/mol. The monoisotopic (exact) mass is 228 g/mol. The Morgan fingerprint density at radius 1 is 1.29 bits per heavy atom. The van der Waals surface area contributed by atoms with E-state index >= 15 is 0 Å². The number of amides is 1. The second kappa shape index (κ2) is 5.31. The minimum absolute atomic E-state index is 0.117. The van der Waals surface area contributed by atoms with Gasteiger partial charge < -0.3 is 5.32 Å². The van der Waals surface area contributed by atoms with Gasteiger partial charge in [0.25, 0.3) is 5.91 Å².